The van der Waals surface area contributed by atoms with E-state index < -0.39 is 0 Å². The Labute approximate surface area is 283 Å². The van der Waals surface area contributed by atoms with Gasteiger partial charge < -0.3 is 14.3 Å². The molecule has 248 valence electrons. The van der Waals surface area contributed by atoms with Gasteiger partial charge in [-0.1, -0.05) is 105 Å². The largest absolute Gasteiger partial charge is 0.492 e. The van der Waals surface area contributed by atoms with E-state index in [1.165, 1.54) is 65.0 Å². The van der Waals surface area contributed by atoms with Gasteiger partial charge in [-0.05, 0) is 89.1 Å². The minimum absolute atomic E-state index is 0.600. The van der Waals surface area contributed by atoms with E-state index in [4.69, 9.17) is 14.3 Å². The number of allylic oxidation sites excluding steroid dienone is 3. The van der Waals surface area contributed by atoms with Gasteiger partial charge in [-0.3, -0.25) is 0 Å². The second kappa shape index (κ2) is 29.8. The number of hydrogen-bond donors (Lipinski definition) is 0. The van der Waals surface area contributed by atoms with E-state index in [-0.39, 0.29) is 0 Å². The number of thioether (sulfide) groups is 3. The third kappa shape index (κ3) is 18.2. The van der Waals surface area contributed by atoms with E-state index in [1.807, 2.05) is 62.7 Å². The predicted molar refractivity (Wildman–Crippen MR) is 203 cm³/mol. The summed E-state index contributed by atoms with van der Waals surface area (Å²) in [5, 5.41) is 2.41. The van der Waals surface area contributed by atoms with Crippen LogP contribution >= 0.6 is 35.3 Å². The smallest absolute Gasteiger partial charge is 0.132 e. The molecule has 6 heteroatoms. The van der Waals surface area contributed by atoms with E-state index in [0.717, 1.165) is 24.5 Å². The Morgan fingerprint density at radius 1 is 0.955 bits per heavy atom. The molecule has 2 aromatic rings. The maximum atomic E-state index is 8.00. The summed E-state index contributed by atoms with van der Waals surface area (Å²) in [4.78, 5) is 20.2. The van der Waals surface area contributed by atoms with Gasteiger partial charge in [0.15, 0.2) is 0 Å². The molecule has 0 spiro atoms. The Bertz CT molecular complexity index is 1030. The summed E-state index contributed by atoms with van der Waals surface area (Å²) in [7, 11) is 0. The Hall–Kier alpha value is -1.89. The molecule has 0 aliphatic carbocycles. The lowest BCUT2D eigenvalue weighted by molar-refractivity contribution is -0.0987. The van der Waals surface area contributed by atoms with Crippen LogP contribution in [0.4, 0.5) is 0 Å². The molecule has 2 unspecified atom stereocenters. The molecule has 2 aromatic carbocycles. The Morgan fingerprint density at radius 2 is 1.59 bits per heavy atom. The summed E-state index contributed by atoms with van der Waals surface area (Å²) in [5.41, 5.74) is 4.19. The maximum Gasteiger partial charge on any atom is 0.132 e. The molecule has 0 saturated carbocycles. The number of aryl methyl sites for hydroxylation is 1. The van der Waals surface area contributed by atoms with Crippen molar-refractivity contribution in [2.24, 2.45) is 11.8 Å². The van der Waals surface area contributed by atoms with E-state index in [1.54, 1.807) is 4.91 Å². The fraction of sp³-hybridized carbons (Fsp3) is 0.526. The van der Waals surface area contributed by atoms with Crippen molar-refractivity contribution in [2.45, 2.75) is 110 Å². The number of rotatable bonds is 8. The number of unbranched alkanes of at least 4 members (excludes halogenated alkanes) is 3. The Kier molecular flexibility index (Phi) is 30.0. The van der Waals surface area contributed by atoms with Crippen LogP contribution in [-0.2, 0) is 9.59 Å². The third-order valence-corrected chi connectivity index (χ3v) is 9.83. The van der Waals surface area contributed by atoms with Gasteiger partial charge in [0.25, 0.3) is 0 Å². The maximum absolute atomic E-state index is 8.00. The van der Waals surface area contributed by atoms with E-state index in [0.29, 0.717) is 11.8 Å². The van der Waals surface area contributed by atoms with Gasteiger partial charge in [-0.15, -0.1) is 35.3 Å². The van der Waals surface area contributed by atoms with E-state index >= 15 is 0 Å². The van der Waals surface area contributed by atoms with Crippen LogP contribution in [0.15, 0.2) is 68.6 Å². The Balaban J connectivity index is 0. The quantitative estimate of drug-likeness (QED) is 0.207. The van der Waals surface area contributed by atoms with Crippen molar-refractivity contribution in [3.8, 4) is 5.75 Å². The molecule has 3 nitrogen and oxygen atoms in total. The van der Waals surface area contributed by atoms with Crippen LogP contribution in [0.1, 0.15) is 105 Å². The van der Waals surface area contributed by atoms with Crippen molar-refractivity contribution in [1.29, 1.82) is 0 Å². The van der Waals surface area contributed by atoms with Crippen molar-refractivity contribution in [1.82, 2.24) is 0 Å². The average molecular weight is 661 g/mol. The van der Waals surface area contributed by atoms with Gasteiger partial charge in [0.2, 0.25) is 0 Å². The zero-order valence-electron chi connectivity index (χ0n) is 29.1. The number of ether oxygens (including phenoxy) is 1. The first-order chi connectivity index (χ1) is 21.4. The molecule has 44 heavy (non-hydrogen) atoms. The van der Waals surface area contributed by atoms with Crippen LogP contribution in [0.25, 0.3) is 5.57 Å². The molecule has 2 aliphatic heterocycles. The number of fused-ring (bicyclic) bond motifs is 1. The van der Waals surface area contributed by atoms with E-state index in [9.17, 15) is 0 Å². The van der Waals surface area contributed by atoms with Crippen LogP contribution in [-0.4, -0.2) is 32.2 Å². The van der Waals surface area contributed by atoms with Crippen LogP contribution in [0, 0.1) is 18.8 Å². The highest BCUT2D eigenvalue weighted by atomic mass is 32.2. The highest BCUT2D eigenvalue weighted by Crippen LogP contribution is 2.39. The molecule has 2 heterocycles. The van der Waals surface area contributed by atoms with Gasteiger partial charge in [0, 0.05) is 15.5 Å². The highest BCUT2D eigenvalue weighted by Gasteiger charge is 2.17. The van der Waals surface area contributed by atoms with Gasteiger partial charge in [0.05, 0.1) is 6.61 Å². The molecule has 0 radical (unpaired) electrons. The normalized spacial score (nSPS) is 15.2. The van der Waals surface area contributed by atoms with Crippen molar-refractivity contribution in [2.75, 3.05) is 18.6 Å². The molecule has 0 aromatic heterocycles. The van der Waals surface area contributed by atoms with E-state index in [2.05, 4.69) is 102 Å². The first kappa shape index (κ1) is 44.2. The molecule has 0 fully saturated rings. The lowest BCUT2D eigenvalue weighted by atomic mass is 9.92. The lowest BCUT2D eigenvalue weighted by Gasteiger charge is -2.16. The summed E-state index contributed by atoms with van der Waals surface area (Å²) in [5.74, 6) is 3.43. The molecule has 0 bridgehead atoms. The first-order valence-electron chi connectivity index (χ1n) is 16.1. The van der Waals surface area contributed by atoms with Crippen molar-refractivity contribution in [3.05, 3.63) is 70.0 Å². The molecule has 0 saturated heterocycles. The van der Waals surface area contributed by atoms with Gasteiger partial charge in [-0.25, -0.2) is 0 Å². The number of carbonyl (C=O) groups excluding carboxylic acids is 2. The summed E-state index contributed by atoms with van der Waals surface area (Å²) >= 11 is 5.65. The van der Waals surface area contributed by atoms with Crippen molar-refractivity contribution >= 4 is 54.4 Å². The monoisotopic (exact) mass is 660 g/mol. The Morgan fingerprint density at radius 3 is 2.16 bits per heavy atom. The number of benzene rings is 2. The second-order valence-corrected chi connectivity index (χ2v) is 13.2. The average Bonchev–Trinajstić information content (AvgIpc) is 3.29. The SMILES string of the molecule is C=O.C=O.CC.CCCC.CCCCCC(C)C1=CCC(C)C(c2ccc(SC)cc2)=CS1.Cc1ccc2c(c1)SCCO2. The first-order valence-corrected chi connectivity index (χ1v) is 19.2. The van der Waals surface area contributed by atoms with Crippen molar-refractivity contribution in [3.63, 3.8) is 0 Å². The summed E-state index contributed by atoms with van der Waals surface area (Å²) in [6.07, 6.45) is 13.8. The zero-order chi connectivity index (χ0) is 33.8. The van der Waals surface area contributed by atoms with Crippen LogP contribution in [0.5, 0.6) is 5.75 Å². The summed E-state index contributed by atoms with van der Waals surface area (Å²) in [6, 6.07) is 15.4. The van der Waals surface area contributed by atoms with Gasteiger partial charge >= 0.3 is 0 Å². The minimum Gasteiger partial charge on any atom is -0.492 e. The third-order valence-electron chi connectivity index (χ3n) is 6.87. The predicted octanol–water partition coefficient (Wildman–Crippen LogP) is 12.6. The molecule has 0 amide bonds. The lowest BCUT2D eigenvalue weighted by Crippen LogP contribution is -2.06. The molecular weight excluding hydrogens is 601 g/mol. The van der Waals surface area contributed by atoms with Crippen molar-refractivity contribution < 1.29 is 14.3 Å². The summed E-state index contributed by atoms with van der Waals surface area (Å²) < 4.78 is 5.46. The fourth-order valence-corrected chi connectivity index (χ4v) is 6.67. The molecule has 2 atom stereocenters. The zero-order valence-corrected chi connectivity index (χ0v) is 31.5. The topological polar surface area (TPSA) is 43.4 Å². The summed E-state index contributed by atoms with van der Waals surface area (Å²) in [6.45, 7) is 22.3. The minimum atomic E-state index is 0.600. The highest BCUT2D eigenvalue weighted by molar-refractivity contribution is 8.06. The molecular formula is C38H60O3S3. The molecule has 0 N–H and O–H groups in total. The van der Waals surface area contributed by atoms with Crippen LogP contribution in [0.2, 0.25) is 0 Å². The number of hydrogen-bond acceptors (Lipinski definition) is 6. The fourth-order valence-electron chi connectivity index (χ4n) is 4.16. The van der Waals surface area contributed by atoms with Gasteiger partial charge in [-0.2, -0.15) is 0 Å². The van der Waals surface area contributed by atoms with Crippen LogP contribution in [0.3, 0.4) is 0 Å². The second-order valence-electron chi connectivity index (χ2n) is 10.2. The number of carbonyl (C=O) groups is 2. The standard InChI is InChI=1S/C21H30S2.C9H10OS.C4H10.C2H6.2CH2O/c1-5-6-7-8-17(3)21-14-9-16(2)20(15-23-21)18-10-12-19(22-4)13-11-18;1-7-2-3-8-9(6-7)11-5-4-10-8;1-3-4-2;3*1-2/h10-17H,5-9H2,1-4H3;2-3,6H,4-5H2,1H3;3-4H2,1-2H3;1-2H3;2*1H2. The van der Waals surface area contributed by atoms with Gasteiger partial charge in [0.1, 0.15) is 19.3 Å². The molecule has 2 aliphatic rings. The molecule has 4 rings (SSSR count). The van der Waals surface area contributed by atoms with Crippen LogP contribution < -0.4 is 4.74 Å².